The molecule has 2 aromatic heterocycles. The summed E-state index contributed by atoms with van der Waals surface area (Å²) in [4.78, 5) is 12.0. The molecule has 8 heteroatoms. The Morgan fingerprint density at radius 2 is 1.94 bits per heavy atom. The van der Waals surface area contributed by atoms with Crippen molar-refractivity contribution in [2.24, 2.45) is 4.99 Å². The van der Waals surface area contributed by atoms with E-state index in [1.54, 1.807) is 0 Å². The van der Waals surface area contributed by atoms with Gasteiger partial charge in [-0.2, -0.15) is 0 Å². The molecule has 1 saturated heterocycles. The van der Waals surface area contributed by atoms with E-state index in [1.807, 2.05) is 24.4 Å². The summed E-state index contributed by atoms with van der Waals surface area (Å²) in [7, 11) is 0. The molecule has 6 nitrogen and oxygen atoms in total. The zero-order valence-corrected chi connectivity index (χ0v) is 21.8. The number of benzene rings is 1. The summed E-state index contributed by atoms with van der Waals surface area (Å²) >= 11 is 0. The normalized spacial score (nSPS) is 15.4. The van der Waals surface area contributed by atoms with E-state index in [9.17, 15) is 4.39 Å². The van der Waals surface area contributed by atoms with E-state index in [0.29, 0.717) is 12.6 Å². The highest BCUT2D eigenvalue weighted by atomic mass is 127. The Kier molecular flexibility index (Phi) is 9.49. The highest BCUT2D eigenvalue weighted by Gasteiger charge is 2.20. The van der Waals surface area contributed by atoms with Gasteiger partial charge in [-0.3, -0.25) is 9.89 Å². The second kappa shape index (κ2) is 12.3. The third-order valence-corrected chi connectivity index (χ3v) is 5.96. The van der Waals surface area contributed by atoms with Gasteiger partial charge in [0, 0.05) is 57.6 Å². The number of fused-ring (bicyclic) bond motifs is 1. The molecule has 3 heterocycles. The number of hydrogen-bond donors (Lipinski definition) is 2. The van der Waals surface area contributed by atoms with Crippen molar-refractivity contribution in [2.45, 2.75) is 45.7 Å². The van der Waals surface area contributed by atoms with Crippen LogP contribution in [0.3, 0.4) is 0 Å². The van der Waals surface area contributed by atoms with E-state index < -0.39 is 0 Å². The van der Waals surface area contributed by atoms with E-state index in [2.05, 4.69) is 46.0 Å². The molecule has 0 aliphatic carbocycles. The monoisotopic (exact) mass is 564 g/mol. The van der Waals surface area contributed by atoms with Crippen LogP contribution >= 0.6 is 24.0 Å². The van der Waals surface area contributed by atoms with E-state index >= 15 is 0 Å². The largest absolute Gasteiger partial charge is 0.357 e. The maximum Gasteiger partial charge on any atom is 0.191 e. The number of guanidine groups is 1. The predicted molar refractivity (Wildman–Crippen MR) is 143 cm³/mol. The molecule has 1 aliphatic heterocycles. The zero-order valence-electron chi connectivity index (χ0n) is 19.4. The minimum Gasteiger partial charge on any atom is -0.357 e. The van der Waals surface area contributed by atoms with Crippen molar-refractivity contribution in [1.82, 2.24) is 24.9 Å². The number of likely N-dealkylation sites (tertiary alicyclic amines) is 1. The van der Waals surface area contributed by atoms with Gasteiger partial charge in [0.15, 0.2) is 5.96 Å². The minimum atomic E-state index is -0.178. The average molecular weight is 564 g/mol. The first-order chi connectivity index (χ1) is 15.6. The number of piperidine rings is 1. The van der Waals surface area contributed by atoms with Crippen molar-refractivity contribution in [3.05, 3.63) is 71.4 Å². The molecule has 1 aromatic carbocycles. The molecular formula is C25H34FIN6. The number of pyridine rings is 1. The maximum atomic E-state index is 13.1. The molecule has 0 amide bonds. The number of aromatic nitrogens is 2. The second-order valence-corrected chi connectivity index (χ2v) is 8.49. The van der Waals surface area contributed by atoms with Crippen LogP contribution in [0.4, 0.5) is 4.39 Å². The molecule has 0 saturated carbocycles. The summed E-state index contributed by atoms with van der Waals surface area (Å²) in [6.07, 6.45) is 7.08. The first kappa shape index (κ1) is 25.4. The Hall–Kier alpha value is -2.20. The van der Waals surface area contributed by atoms with Crippen molar-refractivity contribution in [3.63, 3.8) is 0 Å². The number of hydrogen-bond acceptors (Lipinski definition) is 3. The SMILES string of the molecule is CCNC(=NCCc1cn2cccc(C)c2n1)NC1CCN(Cc2ccc(F)cc2)CC1.I. The summed E-state index contributed by atoms with van der Waals surface area (Å²) in [6, 6.07) is 11.4. The quantitative estimate of drug-likeness (QED) is 0.257. The molecule has 0 radical (unpaired) electrons. The Labute approximate surface area is 212 Å². The standard InChI is InChI=1S/C25H33FN6.HI/c1-3-27-25(28-13-10-23-18-32-14-4-5-19(2)24(32)29-23)30-22-11-15-31(16-12-22)17-20-6-8-21(26)9-7-20;/h4-9,14,18,22H,3,10-13,15-17H2,1-2H3,(H2,27,28,30);1H. The highest BCUT2D eigenvalue weighted by Crippen LogP contribution is 2.15. The van der Waals surface area contributed by atoms with Crippen LogP contribution in [0.15, 0.2) is 53.8 Å². The Balaban J connectivity index is 0.00000306. The first-order valence-corrected chi connectivity index (χ1v) is 11.6. The van der Waals surface area contributed by atoms with Gasteiger partial charge in [-0.05, 0) is 56.0 Å². The van der Waals surface area contributed by atoms with Gasteiger partial charge in [-0.1, -0.05) is 18.2 Å². The molecule has 0 unspecified atom stereocenters. The molecule has 0 atom stereocenters. The van der Waals surface area contributed by atoms with Crippen LogP contribution in [0.25, 0.3) is 5.65 Å². The lowest BCUT2D eigenvalue weighted by Crippen LogP contribution is -2.48. The lowest BCUT2D eigenvalue weighted by atomic mass is 10.0. The fraction of sp³-hybridized carbons (Fsp3) is 0.440. The first-order valence-electron chi connectivity index (χ1n) is 11.6. The molecule has 178 valence electrons. The van der Waals surface area contributed by atoms with Crippen LogP contribution in [-0.2, 0) is 13.0 Å². The summed E-state index contributed by atoms with van der Waals surface area (Å²) in [5, 5.41) is 6.98. The molecule has 2 N–H and O–H groups in total. The molecule has 1 aliphatic rings. The number of halogens is 2. The summed E-state index contributed by atoms with van der Waals surface area (Å²) < 4.78 is 15.2. The number of nitrogens with zero attached hydrogens (tertiary/aromatic N) is 4. The third-order valence-electron chi connectivity index (χ3n) is 5.96. The van der Waals surface area contributed by atoms with Gasteiger partial charge in [-0.25, -0.2) is 9.37 Å². The number of aryl methyl sites for hydroxylation is 1. The van der Waals surface area contributed by atoms with Crippen LogP contribution in [0.2, 0.25) is 0 Å². The van der Waals surface area contributed by atoms with Gasteiger partial charge in [0.2, 0.25) is 0 Å². The van der Waals surface area contributed by atoms with Crippen LogP contribution < -0.4 is 10.6 Å². The fourth-order valence-corrected chi connectivity index (χ4v) is 4.20. The van der Waals surface area contributed by atoms with Crippen LogP contribution in [0, 0.1) is 12.7 Å². The lowest BCUT2D eigenvalue weighted by Gasteiger charge is -2.33. The summed E-state index contributed by atoms with van der Waals surface area (Å²) in [6.45, 7) is 8.63. The number of aliphatic imine (C=N–C) groups is 1. The number of imidazole rings is 1. The molecular weight excluding hydrogens is 530 g/mol. The van der Waals surface area contributed by atoms with E-state index in [-0.39, 0.29) is 29.8 Å². The lowest BCUT2D eigenvalue weighted by molar-refractivity contribution is 0.198. The van der Waals surface area contributed by atoms with Gasteiger partial charge in [-0.15, -0.1) is 24.0 Å². The summed E-state index contributed by atoms with van der Waals surface area (Å²) in [5.41, 5.74) is 4.43. The average Bonchev–Trinajstić information content (AvgIpc) is 3.21. The minimum absolute atomic E-state index is 0. The van der Waals surface area contributed by atoms with Crippen molar-refractivity contribution >= 4 is 35.6 Å². The van der Waals surface area contributed by atoms with Crippen molar-refractivity contribution in [2.75, 3.05) is 26.2 Å². The van der Waals surface area contributed by atoms with E-state index in [4.69, 9.17) is 9.98 Å². The Morgan fingerprint density at radius 3 is 2.64 bits per heavy atom. The molecule has 3 aromatic rings. The van der Waals surface area contributed by atoms with Gasteiger partial charge in [0.1, 0.15) is 11.5 Å². The molecule has 0 spiro atoms. The summed E-state index contributed by atoms with van der Waals surface area (Å²) in [5.74, 6) is 0.702. The third kappa shape index (κ3) is 7.14. The molecule has 33 heavy (non-hydrogen) atoms. The highest BCUT2D eigenvalue weighted by molar-refractivity contribution is 14.0. The van der Waals surface area contributed by atoms with Crippen molar-refractivity contribution < 1.29 is 4.39 Å². The van der Waals surface area contributed by atoms with Gasteiger partial charge < -0.3 is 15.0 Å². The van der Waals surface area contributed by atoms with Gasteiger partial charge >= 0.3 is 0 Å². The molecule has 4 rings (SSSR count). The molecule has 1 fully saturated rings. The van der Waals surface area contributed by atoms with Crippen LogP contribution in [0.1, 0.15) is 36.6 Å². The van der Waals surface area contributed by atoms with Crippen LogP contribution in [0.5, 0.6) is 0 Å². The predicted octanol–water partition coefficient (Wildman–Crippen LogP) is 4.16. The molecule has 0 bridgehead atoms. The zero-order chi connectivity index (χ0) is 22.3. The van der Waals surface area contributed by atoms with Crippen molar-refractivity contribution in [3.8, 4) is 0 Å². The topological polar surface area (TPSA) is 57.0 Å². The maximum absolute atomic E-state index is 13.1. The Bertz CT molecular complexity index is 1040. The van der Waals surface area contributed by atoms with Gasteiger partial charge in [0.25, 0.3) is 0 Å². The van der Waals surface area contributed by atoms with Crippen LogP contribution in [-0.4, -0.2) is 52.5 Å². The van der Waals surface area contributed by atoms with Gasteiger partial charge in [0.05, 0.1) is 5.69 Å². The van der Waals surface area contributed by atoms with E-state index in [1.165, 1.54) is 17.7 Å². The second-order valence-electron chi connectivity index (χ2n) is 8.49. The number of rotatable bonds is 7. The fourth-order valence-electron chi connectivity index (χ4n) is 4.20. The van der Waals surface area contributed by atoms with E-state index in [0.717, 1.165) is 68.3 Å². The smallest absolute Gasteiger partial charge is 0.191 e. The van der Waals surface area contributed by atoms with Crippen molar-refractivity contribution in [1.29, 1.82) is 0 Å². The number of nitrogens with one attached hydrogen (secondary N) is 2. The Morgan fingerprint density at radius 1 is 1.18 bits per heavy atom.